The van der Waals surface area contributed by atoms with Crippen LogP contribution in [-0.2, 0) is 26.1 Å². The van der Waals surface area contributed by atoms with Crippen LogP contribution < -0.4 is 4.31 Å². The molecule has 0 atom stereocenters. The van der Waals surface area contributed by atoms with Gasteiger partial charge in [-0.3, -0.25) is 4.31 Å². The van der Waals surface area contributed by atoms with E-state index in [-0.39, 0.29) is 17.2 Å². The molecule has 0 aliphatic carbocycles. The molecule has 0 aromatic heterocycles. The van der Waals surface area contributed by atoms with Gasteiger partial charge in [0, 0.05) is 6.08 Å². The third kappa shape index (κ3) is 5.62. The van der Waals surface area contributed by atoms with Gasteiger partial charge in [0.05, 0.1) is 24.2 Å². The van der Waals surface area contributed by atoms with E-state index in [1.807, 2.05) is 19.1 Å². The topological polar surface area (TPSA) is 83.9 Å². The van der Waals surface area contributed by atoms with E-state index in [2.05, 4.69) is 4.74 Å². The van der Waals surface area contributed by atoms with Crippen LogP contribution in [0.1, 0.15) is 27.8 Å². The first-order valence-electron chi connectivity index (χ1n) is 10.4. The first-order chi connectivity index (χ1) is 15.6. The molecule has 0 heterocycles. The van der Waals surface area contributed by atoms with Crippen molar-refractivity contribution in [3.63, 3.8) is 0 Å². The molecule has 1 N–H and O–H groups in total. The highest BCUT2D eigenvalue weighted by molar-refractivity contribution is 7.92. The van der Waals surface area contributed by atoms with Crippen LogP contribution in [0.5, 0.6) is 5.75 Å². The molecule has 3 aromatic carbocycles. The number of carbonyl (C=O) groups is 1. The van der Waals surface area contributed by atoms with Crippen molar-refractivity contribution in [2.24, 2.45) is 0 Å². The lowest BCUT2D eigenvalue weighted by Crippen LogP contribution is -2.31. The first-order valence-corrected chi connectivity index (χ1v) is 11.8. The van der Waals surface area contributed by atoms with Gasteiger partial charge < -0.3 is 9.84 Å². The summed E-state index contributed by atoms with van der Waals surface area (Å²) < 4.78 is 33.7. The Morgan fingerprint density at radius 2 is 1.64 bits per heavy atom. The van der Waals surface area contributed by atoms with Crippen LogP contribution in [0.3, 0.4) is 0 Å². The van der Waals surface area contributed by atoms with Crippen LogP contribution >= 0.6 is 0 Å². The smallest absolute Gasteiger partial charge is 0.330 e. The van der Waals surface area contributed by atoms with Crippen LogP contribution in [0, 0.1) is 20.8 Å². The molecular weight excluding hydrogens is 438 g/mol. The average molecular weight is 466 g/mol. The van der Waals surface area contributed by atoms with Crippen molar-refractivity contribution in [2.75, 3.05) is 11.4 Å². The van der Waals surface area contributed by atoms with E-state index >= 15 is 0 Å². The normalized spacial score (nSPS) is 11.5. The molecule has 0 aliphatic heterocycles. The van der Waals surface area contributed by atoms with Crippen molar-refractivity contribution in [3.8, 4) is 5.75 Å². The monoisotopic (exact) mass is 465 g/mol. The Bertz CT molecular complexity index is 1270. The predicted molar refractivity (Wildman–Crippen MR) is 130 cm³/mol. The summed E-state index contributed by atoms with van der Waals surface area (Å²) in [5.41, 5.74) is 4.17. The van der Waals surface area contributed by atoms with Crippen molar-refractivity contribution in [3.05, 3.63) is 94.6 Å². The number of phenols is 1. The second kappa shape index (κ2) is 9.92. The number of sulfonamides is 1. The highest BCUT2D eigenvalue weighted by Gasteiger charge is 2.28. The van der Waals surface area contributed by atoms with E-state index in [9.17, 15) is 18.3 Å². The number of phenolic OH excluding ortho intramolecular Hbond substituents is 1. The quantitative estimate of drug-likeness (QED) is 0.396. The number of carbonyl (C=O) groups excluding carboxylic acids is 1. The van der Waals surface area contributed by atoms with Gasteiger partial charge in [-0.1, -0.05) is 42.0 Å². The van der Waals surface area contributed by atoms with Crippen molar-refractivity contribution in [2.45, 2.75) is 32.2 Å². The molecule has 6 nitrogen and oxygen atoms in total. The number of nitrogens with zero attached hydrogens (tertiary/aromatic N) is 1. The molecule has 0 saturated heterocycles. The molecule has 0 spiro atoms. The van der Waals surface area contributed by atoms with E-state index in [4.69, 9.17) is 0 Å². The zero-order chi connectivity index (χ0) is 24.2. The number of hydrogen-bond acceptors (Lipinski definition) is 5. The number of aromatic hydroxyl groups is 1. The van der Waals surface area contributed by atoms with E-state index in [0.717, 1.165) is 11.1 Å². The molecule has 0 saturated carbocycles. The molecule has 0 bridgehead atoms. The predicted octanol–water partition coefficient (Wildman–Crippen LogP) is 4.90. The molecule has 3 aromatic rings. The van der Waals surface area contributed by atoms with Gasteiger partial charge >= 0.3 is 5.97 Å². The molecular formula is C26H27NO5S. The molecule has 0 radical (unpaired) electrons. The summed E-state index contributed by atoms with van der Waals surface area (Å²) in [4.78, 5) is 11.6. The Labute approximate surface area is 194 Å². The average Bonchev–Trinajstić information content (AvgIpc) is 2.75. The Balaban J connectivity index is 2.09. The van der Waals surface area contributed by atoms with Gasteiger partial charge in [0.15, 0.2) is 0 Å². The largest absolute Gasteiger partial charge is 0.508 e. The third-order valence-corrected chi connectivity index (χ3v) is 7.26. The van der Waals surface area contributed by atoms with Crippen LogP contribution in [-0.4, -0.2) is 26.6 Å². The Morgan fingerprint density at radius 3 is 2.21 bits per heavy atom. The van der Waals surface area contributed by atoms with E-state index < -0.39 is 16.0 Å². The zero-order valence-electron chi connectivity index (χ0n) is 19.1. The molecule has 3 rings (SSSR count). The fourth-order valence-corrected chi connectivity index (χ4v) is 5.67. The summed E-state index contributed by atoms with van der Waals surface area (Å²) in [5.74, 6) is -0.409. The van der Waals surface area contributed by atoms with Crippen LogP contribution in [0.4, 0.5) is 5.69 Å². The Kier molecular flexibility index (Phi) is 7.23. The first kappa shape index (κ1) is 24.1. The molecule has 33 heavy (non-hydrogen) atoms. The van der Waals surface area contributed by atoms with Crippen LogP contribution in [0.2, 0.25) is 0 Å². The molecule has 0 fully saturated rings. The Hall–Kier alpha value is -3.58. The fourth-order valence-electron chi connectivity index (χ4n) is 3.80. The summed E-state index contributed by atoms with van der Waals surface area (Å²) in [7, 11) is -2.63. The summed E-state index contributed by atoms with van der Waals surface area (Å²) in [6.45, 7) is 5.56. The van der Waals surface area contributed by atoms with Crippen LogP contribution in [0.15, 0.2) is 71.6 Å². The number of methoxy groups -OCH3 is 1. The maximum Gasteiger partial charge on any atom is 0.330 e. The Morgan fingerprint density at radius 1 is 1.00 bits per heavy atom. The number of esters is 1. The summed E-state index contributed by atoms with van der Waals surface area (Å²) in [5, 5.41) is 9.88. The SMILES string of the molecule is COC(=O)C=Cc1ccc(N(Cc2cccc(O)c2)S(=O)(=O)c2c(C)cc(C)cc2C)cc1. The minimum Gasteiger partial charge on any atom is -0.508 e. The van der Waals surface area contributed by atoms with E-state index in [1.165, 1.54) is 17.5 Å². The summed E-state index contributed by atoms with van der Waals surface area (Å²) in [6, 6.07) is 17.1. The number of benzene rings is 3. The number of rotatable bonds is 7. The standard InChI is InChI=1S/C26H27NO5S/c1-18-14-19(2)26(20(3)15-18)33(30,31)27(17-22-6-5-7-24(28)16-22)23-11-8-21(9-12-23)10-13-25(29)32-4/h5-16,28H,17H2,1-4H3. The lowest BCUT2D eigenvalue weighted by atomic mass is 10.1. The van der Waals surface area contributed by atoms with Gasteiger partial charge in [0.25, 0.3) is 10.0 Å². The maximum absolute atomic E-state index is 13.9. The number of anilines is 1. The van der Waals surface area contributed by atoms with Crippen LogP contribution in [0.25, 0.3) is 6.08 Å². The molecule has 0 unspecified atom stereocenters. The fraction of sp³-hybridized carbons (Fsp3) is 0.192. The van der Waals surface area contributed by atoms with E-state index in [0.29, 0.717) is 22.4 Å². The molecule has 7 heteroatoms. The molecule has 0 amide bonds. The van der Waals surface area contributed by atoms with E-state index in [1.54, 1.807) is 68.5 Å². The third-order valence-electron chi connectivity index (χ3n) is 5.18. The van der Waals surface area contributed by atoms with Gasteiger partial charge in [-0.15, -0.1) is 0 Å². The van der Waals surface area contributed by atoms with Gasteiger partial charge in [-0.05, 0) is 73.4 Å². The summed E-state index contributed by atoms with van der Waals surface area (Å²) in [6.07, 6.45) is 2.90. The number of hydrogen-bond donors (Lipinski definition) is 1. The highest BCUT2D eigenvalue weighted by atomic mass is 32.2. The second-order valence-electron chi connectivity index (χ2n) is 7.86. The highest BCUT2D eigenvalue weighted by Crippen LogP contribution is 2.31. The summed E-state index contributed by atoms with van der Waals surface area (Å²) >= 11 is 0. The molecule has 172 valence electrons. The van der Waals surface area contributed by atoms with Crippen molar-refractivity contribution in [1.82, 2.24) is 0 Å². The lowest BCUT2D eigenvalue weighted by molar-refractivity contribution is -0.134. The van der Waals surface area contributed by atoms with Gasteiger partial charge in [-0.25, -0.2) is 13.2 Å². The number of ether oxygens (including phenoxy) is 1. The van der Waals surface area contributed by atoms with Crippen molar-refractivity contribution < 1.29 is 23.1 Å². The van der Waals surface area contributed by atoms with Crippen molar-refractivity contribution in [1.29, 1.82) is 0 Å². The van der Waals surface area contributed by atoms with Gasteiger partial charge in [-0.2, -0.15) is 0 Å². The van der Waals surface area contributed by atoms with Gasteiger partial charge in [0.2, 0.25) is 0 Å². The number of aryl methyl sites for hydroxylation is 3. The molecule has 0 aliphatic rings. The van der Waals surface area contributed by atoms with Gasteiger partial charge in [0.1, 0.15) is 5.75 Å². The maximum atomic E-state index is 13.9. The van der Waals surface area contributed by atoms with Crippen molar-refractivity contribution >= 4 is 27.8 Å². The minimum absolute atomic E-state index is 0.0425. The second-order valence-corrected chi connectivity index (χ2v) is 9.66. The lowest BCUT2D eigenvalue weighted by Gasteiger charge is -2.27. The minimum atomic E-state index is -3.93. The zero-order valence-corrected chi connectivity index (χ0v) is 19.9.